The predicted octanol–water partition coefficient (Wildman–Crippen LogP) is 8.04. The van der Waals surface area contributed by atoms with Crippen LogP contribution in [0.15, 0.2) is 47.7 Å². The molecule has 0 amide bonds. The molecule has 1 aromatic heterocycles. The van der Waals surface area contributed by atoms with E-state index in [-0.39, 0.29) is 0 Å². The molecule has 2 rings (SSSR count). The number of aromatic nitrogens is 2. The maximum absolute atomic E-state index is 5.01. The molecule has 4 heteroatoms. The van der Waals surface area contributed by atoms with Crippen LogP contribution in [0.1, 0.15) is 105 Å². The lowest BCUT2D eigenvalue weighted by atomic mass is 9.92. The van der Waals surface area contributed by atoms with Crippen LogP contribution in [0.25, 0.3) is 5.57 Å². The normalized spacial score (nSPS) is 14.8. The number of nitrogens with two attached hydrogens (primary N) is 1. The van der Waals surface area contributed by atoms with E-state index >= 15 is 0 Å². The zero-order valence-electron chi connectivity index (χ0n) is 22.7. The SMILES string of the molecule is C=C(C)\C=C/C(=C(\C)CC)C(=C\C)/c1nc(NC2CCCC2)ncc1CCC.CC.CCN. The van der Waals surface area contributed by atoms with Crippen LogP contribution in [0.2, 0.25) is 0 Å². The Kier molecular flexibility index (Phi) is 17.0. The Morgan fingerprint density at radius 2 is 1.76 bits per heavy atom. The second-order valence-electron chi connectivity index (χ2n) is 8.28. The third-order valence-electron chi connectivity index (χ3n) is 5.43. The van der Waals surface area contributed by atoms with E-state index in [9.17, 15) is 0 Å². The molecule has 0 aliphatic heterocycles. The second kappa shape index (κ2) is 18.3. The van der Waals surface area contributed by atoms with Gasteiger partial charge in [0.05, 0.1) is 5.69 Å². The van der Waals surface area contributed by atoms with Crippen molar-refractivity contribution in [3.05, 3.63) is 59.0 Å². The monoisotopic (exact) mass is 454 g/mol. The fourth-order valence-corrected chi connectivity index (χ4v) is 3.71. The lowest BCUT2D eigenvalue weighted by Crippen LogP contribution is -2.17. The summed E-state index contributed by atoms with van der Waals surface area (Å²) in [6.45, 7) is 21.4. The van der Waals surface area contributed by atoms with E-state index in [1.54, 1.807) is 0 Å². The quantitative estimate of drug-likeness (QED) is 0.371. The highest BCUT2D eigenvalue weighted by molar-refractivity contribution is 5.82. The standard InChI is InChI=1S/C25H37N3.C2H7N.C2H6/c1-7-12-20-17-26-25(27-21-13-10-11-14-21)28-24(20)22(9-3)23(19(6)8-2)16-15-18(4)5;1-2-3;1-2/h9,15-17,21H,4,7-8,10-14H2,1-3,5-6H3,(H,26,27,28);2-3H2,1H3;1-2H3/b16-15-,22-9+,23-19-;;. The van der Waals surface area contributed by atoms with Gasteiger partial charge in [-0.3, -0.25) is 0 Å². The van der Waals surface area contributed by atoms with Crippen LogP contribution in [0, 0.1) is 0 Å². The third-order valence-corrected chi connectivity index (χ3v) is 5.43. The van der Waals surface area contributed by atoms with Gasteiger partial charge >= 0.3 is 0 Å². The fraction of sp³-hybridized carbons (Fsp3) is 0.586. The number of nitrogens with one attached hydrogen (secondary N) is 1. The maximum atomic E-state index is 5.01. The maximum Gasteiger partial charge on any atom is 0.223 e. The first-order chi connectivity index (χ1) is 15.9. The van der Waals surface area contributed by atoms with Crippen molar-refractivity contribution >= 4 is 11.5 Å². The highest BCUT2D eigenvalue weighted by atomic mass is 15.1. The van der Waals surface area contributed by atoms with Crippen LogP contribution < -0.4 is 11.1 Å². The molecule has 1 aliphatic rings. The van der Waals surface area contributed by atoms with Crippen LogP contribution in [-0.2, 0) is 6.42 Å². The summed E-state index contributed by atoms with van der Waals surface area (Å²) in [5.41, 5.74) is 12.0. The number of hydrogen-bond donors (Lipinski definition) is 2. The number of allylic oxidation sites excluding steroid dienone is 7. The minimum atomic E-state index is 0.509. The van der Waals surface area contributed by atoms with Gasteiger partial charge in [0.15, 0.2) is 0 Å². The summed E-state index contributed by atoms with van der Waals surface area (Å²) < 4.78 is 0. The fourth-order valence-electron chi connectivity index (χ4n) is 3.71. The highest BCUT2D eigenvalue weighted by Gasteiger charge is 2.19. The molecule has 0 bridgehead atoms. The Labute approximate surface area is 204 Å². The zero-order valence-corrected chi connectivity index (χ0v) is 22.7. The lowest BCUT2D eigenvalue weighted by Gasteiger charge is -2.18. The van der Waals surface area contributed by atoms with Gasteiger partial charge in [-0.05, 0) is 64.1 Å². The van der Waals surface area contributed by atoms with Crippen LogP contribution in [0.5, 0.6) is 0 Å². The highest BCUT2D eigenvalue weighted by Crippen LogP contribution is 2.31. The molecule has 0 saturated heterocycles. The zero-order chi connectivity index (χ0) is 25.2. The molecule has 1 aromatic rings. The molecule has 1 fully saturated rings. The summed E-state index contributed by atoms with van der Waals surface area (Å²) in [4.78, 5) is 9.65. The van der Waals surface area contributed by atoms with Gasteiger partial charge in [-0.2, -0.15) is 0 Å². The Hall–Kier alpha value is -2.20. The smallest absolute Gasteiger partial charge is 0.223 e. The van der Waals surface area contributed by atoms with Crippen LogP contribution in [-0.4, -0.2) is 22.6 Å². The van der Waals surface area contributed by atoms with Crippen molar-refractivity contribution < 1.29 is 0 Å². The summed E-state index contributed by atoms with van der Waals surface area (Å²) in [5, 5.41) is 3.56. The van der Waals surface area contributed by atoms with E-state index in [4.69, 9.17) is 10.7 Å². The van der Waals surface area contributed by atoms with Gasteiger partial charge in [0.1, 0.15) is 0 Å². The molecular formula is C29H50N4. The Balaban J connectivity index is 0.00000189. The summed E-state index contributed by atoms with van der Waals surface area (Å²) in [6, 6.07) is 0.509. The first-order valence-electron chi connectivity index (χ1n) is 12.9. The number of rotatable bonds is 9. The molecule has 4 nitrogen and oxygen atoms in total. The lowest BCUT2D eigenvalue weighted by molar-refractivity contribution is 0.742. The minimum Gasteiger partial charge on any atom is -0.351 e. The molecule has 1 aliphatic carbocycles. The van der Waals surface area contributed by atoms with Gasteiger partial charge in [-0.1, -0.05) is 89.8 Å². The largest absolute Gasteiger partial charge is 0.351 e. The van der Waals surface area contributed by atoms with E-state index in [0.717, 1.165) is 43.0 Å². The molecule has 0 aromatic carbocycles. The number of hydrogen-bond acceptors (Lipinski definition) is 4. The minimum absolute atomic E-state index is 0.509. The number of anilines is 1. The Bertz CT molecular complexity index is 781. The van der Waals surface area contributed by atoms with Crippen LogP contribution in [0.3, 0.4) is 0 Å². The molecular weight excluding hydrogens is 404 g/mol. The molecule has 0 atom stereocenters. The van der Waals surface area contributed by atoms with Crippen molar-refractivity contribution in [2.75, 3.05) is 11.9 Å². The van der Waals surface area contributed by atoms with Crippen molar-refractivity contribution in [3.63, 3.8) is 0 Å². The predicted molar refractivity (Wildman–Crippen MR) is 149 cm³/mol. The van der Waals surface area contributed by atoms with Crippen molar-refractivity contribution in [1.82, 2.24) is 9.97 Å². The molecule has 186 valence electrons. The third kappa shape index (κ3) is 11.0. The molecule has 0 radical (unpaired) electrons. The first-order valence-corrected chi connectivity index (χ1v) is 12.9. The van der Waals surface area contributed by atoms with Gasteiger partial charge in [0, 0.05) is 17.8 Å². The molecule has 0 unspecified atom stereocenters. The van der Waals surface area contributed by atoms with E-state index in [1.807, 2.05) is 33.9 Å². The molecule has 33 heavy (non-hydrogen) atoms. The average Bonchev–Trinajstić information content (AvgIpc) is 3.32. The van der Waals surface area contributed by atoms with Gasteiger partial charge in [-0.15, -0.1) is 0 Å². The topological polar surface area (TPSA) is 63.8 Å². The van der Waals surface area contributed by atoms with E-state index in [2.05, 4.69) is 62.8 Å². The number of nitrogens with zero attached hydrogens (tertiary/aromatic N) is 2. The van der Waals surface area contributed by atoms with Crippen molar-refractivity contribution in [1.29, 1.82) is 0 Å². The van der Waals surface area contributed by atoms with Gasteiger partial charge in [-0.25, -0.2) is 9.97 Å². The van der Waals surface area contributed by atoms with Crippen molar-refractivity contribution in [3.8, 4) is 0 Å². The molecule has 1 heterocycles. The second-order valence-corrected chi connectivity index (χ2v) is 8.28. The van der Waals surface area contributed by atoms with Gasteiger partial charge < -0.3 is 11.1 Å². The van der Waals surface area contributed by atoms with Crippen LogP contribution >= 0.6 is 0 Å². The van der Waals surface area contributed by atoms with E-state index < -0.39 is 0 Å². The summed E-state index contributed by atoms with van der Waals surface area (Å²) >= 11 is 0. The molecule has 3 N–H and O–H groups in total. The molecule has 1 saturated carbocycles. The van der Waals surface area contributed by atoms with E-state index in [1.165, 1.54) is 48.0 Å². The number of aryl methyl sites for hydroxylation is 1. The Morgan fingerprint density at radius 1 is 1.15 bits per heavy atom. The molecule has 0 spiro atoms. The van der Waals surface area contributed by atoms with Crippen molar-refractivity contribution in [2.45, 2.75) is 106 Å². The average molecular weight is 455 g/mol. The summed E-state index contributed by atoms with van der Waals surface area (Å²) in [5.74, 6) is 0.762. The summed E-state index contributed by atoms with van der Waals surface area (Å²) in [6.07, 6.45) is 16.6. The van der Waals surface area contributed by atoms with Crippen LogP contribution in [0.4, 0.5) is 5.95 Å². The van der Waals surface area contributed by atoms with Gasteiger partial charge in [0.25, 0.3) is 0 Å². The first kappa shape index (κ1) is 30.8. The van der Waals surface area contributed by atoms with Crippen molar-refractivity contribution in [2.24, 2.45) is 5.73 Å². The Morgan fingerprint density at radius 3 is 2.24 bits per heavy atom. The van der Waals surface area contributed by atoms with E-state index in [0.29, 0.717) is 6.04 Å². The van der Waals surface area contributed by atoms with Gasteiger partial charge in [0.2, 0.25) is 5.95 Å². The summed E-state index contributed by atoms with van der Waals surface area (Å²) in [7, 11) is 0.